The predicted octanol–water partition coefficient (Wildman–Crippen LogP) is 8.69. The van der Waals surface area contributed by atoms with Gasteiger partial charge in [0, 0.05) is 27.9 Å². The van der Waals surface area contributed by atoms with Gasteiger partial charge in [0.25, 0.3) is 5.91 Å². The summed E-state index contributed by atoms with van der Waals surface area (Å²) in [5.74, 6) is -1.47. The van der Waals surface area contributed by atoms with Gasteiger partial charge in [0.05, 0.1) is 5.56 Å². The Balaban J connectivity index is 0.000000374. The van der Waals surface area contributed by atoms with Gasteiger partial charge in [-0.2, -0.15) is 0 Å². The van der Waals surface area contributed by atoms with Crippen molar-refractivity contribution in [1.82, 2.24) is 0 Å². The van der Waals surface area contributed by atoms with E-state index in [2.05, 4.69) is 5.32 Å². The number of aldehydes is 1. The summed E-state index contributed by atoms with van der Waals surface area (Å²) in [4.78, 5) is 37.6. The van der Waals surface area contributed by atoms with E-state index >= 15 is 0 Å². The van der Waals surface area contributed by atoms with Crippen molar-refractivity contribution in [1.29, 1.82) is 0 Å². The molecule has 0 aliphatic carbocycles. The second-order valence-electron chi connectivity index (χ2n) is 11.1. The van der Waals surface area contributed by atoms with Crippen LogP contribution >= 0.6 is 0 Å². The van der Waals surface area contributed by atoms with E-state index in [1.807, 2.05) is 93.6 Å². The molecule has 0 aliphatic heterocycles. The van der Waals surface area contributed by atoms with E-state index in [-0.39, 0.29) is 11.5 Å². The fourth-order valence-electron chi connectivity index (χ4n) is 5.96. The minimum atomic E-state index is -1.10. The van der Waals surface area contributed by atoms with Crippen LogP contribution < -0.4 is 11.1 Å². The molecular weight excluding hydrogens is 548 g/mol. The molecule has 0 unspecified atom stereocenters. The molecule has 7 aromatic rings. The normalized spacial score (nSPS) is 11.1. The van der Waals surface area contributed by atoms with Crippen LogP contribution in [0.5, 0.6) is 0 Å². The summed E-state index contributed by atoms with van der Waals surface area (Å²) in [6.07, 6.45) is 0.868. The molecule has 44 heavy (non-hydrogen) atoms. The van der Waals surface area contributed by atoms with E-state index in [0.717, 1.165) is 60.8 Å². The summed E-state index contributed by atoms with van der Waals surface area (Å²) in [6, 6.07) is 29.9. The molecule has 0 spiro atoms. The van der Waals surface area contributed by atoms with E-state index in [1.165, 1.54) is 5.56 Å². The molecule has 0 atom stereocenters. The van der Waals surface area contributed by atoms with Crippen molar-refractivity contribution in [3.63, 3.8) is 0 Å². The molecule has 0 aromatic heterocycles. The largest absolute Gasteiger partial charge is 0.478 e. The summed E-state index contributed by atoms with van der Waals surface area (Å²) in [6.45, 7) is 5.99. The number of amides is 1. The number of rotatable bonds is 4. The average molecular weight is 579 g/mol. The Labute approximate surface area is 254 Å². The van der Waals surface area contributed by atoms with Crippen LogP contribution in [0.3, 0.4) is 0 Å². The van der Waals surface area contributed by atoms with Gasteiger partial charge in [0.15, 0.2) is 6.29 Å². The Morgan fingerprint density at radius 2 is 1.11 bits per heavy atom. The molecule has 0 radical (unpaired) electrons. The fourth-order valence-corrected chi connectivity index (χ4v) is 5.96. The zero-order valence-corrected chi connectivity index (χ0v) is 24.6. The molecule has 6 nitrogen and oxygen atoms in total. The molecule has 0 fully saturated rings. The second-order valence-corrected chi connectivity index (χ2v) is 11.1. The SMILES string of the molecule is Cc1ccc(N)cc1.Cc1ccc(NC(=O)c2ccc3c4ccc(C)c5c(C=O)ccc(c6ccc(C(=O)O)c2c63)c54)cc1. The molecule has 4 N–H and O–H groups in total. The van der Waals surface area contributed by atoms with Gasteiger partial charge >= 0.3 is 5.97 Å². The quantitative estimate of drug-likeness (QED) is 0.0838. The van der Waals surface area contributed by atoms with Crippen molar-refractivity contribution in [3.05, 3.63) is 130 Å². The minimum absolute atomic E-state index is 0.0703. The Morgan fingerprint density at radius 1 is 0.614 bits per heavy atom. The van der Waals surface area contributed by atoms with Crippen molar-refractivity contribution in [3.8, 4) is 0 Å². The van der Waals surface area contributed by atoms with Crippen molar-refractivity contribution in [2.45, 2.75) is 20.8 Å². The number of nitrogens with one attached hydrogen (secondary N) is 1. The Morgan fingerprint density at radius 3 is 1.66 bits per heavy atom. The molecule has 1 amide bonds. The number of nitrogen functional groups attached to an aromatic ring is 1. The summed E-state index contributed by atoms with van der Waals surface area (Å²) >= 11 is 0. The third-order valence-electron chi connectivity index (χ3n) is 8.13. The van der Waals surface area contributed by atoms with Crippen LogP contribution in [0.15, 0.2) is 97.1 Å². The van der Waals surface area contributed by atoms with Crippen LogP contribution in [0.25, 0.3) is 43.1 Å². The number of anilines is 2. The smallest absolute Gasteiger partial charge is 0.336 e. The molecule has 6 heteroatoms. The Bertz CT molecular complexity index is 2190. The Kier molecular flexibility index (Phi) is 7.19. The number of hydrogen-bond acceptors (Lipinski definition) is 4. The number of nitrogens with two attached hydrogens (primary N) is 1. The highest BCUT2D eigenvalue weighted by atomic mass is 16.4. The number of carboxylic acid groups (broad SMARTS) is 1. The lowest BCUT2D eigenvalue weighted by Gasteiger charge is -2.19. The highest BCUT2D eigenvalue weighted by molar-refractivity contribution is 6.37. The summed E-state index contributed by atoms with van der Waals surface area (Å²) in [5, 5.41) is 19.5. The molecule has 216 valence electrons. The van der Waals surface area contributed by atoms with E-state index in [9.17, 15) is 19.5 Å². The monoisotopic (exact) mass is 578 g/mol. The minimum Gasteiger partial charge on any atom is -0.478 e. The summed E-state index contributed by atoms with van der Waals surface area (Å²) < 4.78 is 0. The zero-order valence-electron chi connectivity index (χ0n) is 24.6. The van der Waals surface area contributed by atoms with Gasteiger partial charge in [-0.25, -0.2) is 4.79 Å². The molecular formula is C38H30N2O4. The number of benzene rings is 7. The number of carbonyl (C=O) groups excluding carboxylic acids is 2. The molecule has 0 saturated carbocycles. The summed E-state index contributed by atoms with van der Waals surface area (Å²) in [7, 11) is 0. The molecule has 0 bridgehead atoms. The first-order valence-corrected chi connectivity index (χ1v) is 14.2. The van der Waals surface area contributed by atoms with Gasteiger partial charge in [0.1, 0.15) is 0 Å². The van der Waals surface area contributed by atoms with Crippen LogP contribution in [0, 0.1) is 20.8 Å². The van der Waals surface area contributed by atoms with Crippen LogP contribution in [0.1, 0.15) is 47.8 Å². The van der Waals surface area contributed by atoms with Crippen molar-refractivity contribution >= 4 is 72.6 Å². The number of carboxylic acids is 1. The first kappa shape index (κ1) is 28.4. The lowest BCUT2D eigenvalue weighted by molar-refractivity contribution is 0.0699. The number of hydrogen-bond donors (Lipinski definition) is 3. The third-order valence-corrected chi connectivity index (χ3v) is 8.13. The summed E-state index contributed by atoms with van der Waals surface area (Å²) in [5.41, 5.74) is 11.2. The fraction of sp³-hybridized carbons (Fsp3) is 0.0789. The van der Waals surface area contributed by atoms with Gasteiger partial charge in [-0.15, -0.1) is 0 Å². The predicted molar refractivity (Wildman–Crippen MR) is 179 cm³/mol. The van der Waals surface area contributed by atoms with Gasteiger partial charge in [-0.1, -0.05) is 71.8 Å². The highest BCUT2D eigenvalue weighted by Crippen LogP contribution is 2.43. The van der Waals surface area contributed by atoms with Gasteiger partial charge in [-0.05, 0) is 100 Å². The average Bonchev–Trinajstić information content (AvgIpc) is 3.02. The standard InChI is InChI=1S/C31H21NO4.C7H9N/c1-16-3-7-19(8-4-16)32-30(34)24-13-11-22-20-9-5-17(2)26-18(15-33)6-10-21(27(20)26)23-12-14-25(31(35)36)29(24)28(22)23;1-6-2-4-7(8)5-3-6/h3-15H,1-2H3,(H,32,34)(H,35,36);2-5H,8H2,1H3. The van der Waals surface area contributed by atoms with Crippen LogP contribution in [0.4, 0.5) is 11.4 Å². The molecule has 7 aromatic carbocycles. The topological polar surface area (TPSA) is 109 Å². The molecule has 0 saturated heterocycles. The maximum absolute atomic E-state index is 13.4. The molecule has 7 rings (SSSR count). The second kappa shape index (κ2) is 11.2. The number of carbonyl (C=O) groups is 3. The van der Waals surface area contributed by atoms with Gasteiger partial charge in [0.2, 0.25) is 0 Å². The molecule has 0 heterocycles. The van der Waals surface area contributed by atoms with E-state index in [1.54, 1.807) is 24.3 Å². The van der Waals surface area contributed by atoms with E-state index in [4.69, 9.17) is 5.73 Å². The van der Waals surface area contributed by atoms with Crippen LogP contribution in [-0.2, 0) is 0 Å². The first-order valence-electron chi connectivity index (χ1n) is 14.2. The van der Waals surface area contributed by atoms with Gasteiger partial charge < -0.3 is 16.2 Å². The van der Waals surface area contributed by atoms with E-state index in [0.29, 0.717) is 22.2 Å². The third kappa shape index (κ3) is 4.86. The zero-order chi connectivity index (χ0) is 31.1. The lowest BCUT2D eigenvalue weighted by Crippen LogP contribution is -2.14. The maximum Gasteiger partial charge on any atom is 0.336 e. The first-order chi connectivity index (χ1) is 21.2. The lowest BCUT2D eigenvalue weighted by atomic mass is 9.84. The van der Waals surface area contributed by atoms with Crippen molar-refractivity contribution in [2.24, 2.45) is 0 Å². The number of aryl methyl sites for hydroxylation is 3. The number of aromatic carboxylic acids is 1. The van der Waals surface area contributed by atoms with Gasteiger partial charge in [-0.3, -0.25) is 9.59 Å². The van der Waals surface area contributed by atoms with Crippen LogP contribution in [-0.4, -0.2) is 23.3 Å². The van der Waals surface area contributed by atoms with Crippen LogP contribution in [0.2, 0.25) is 0 Å². The van der Waals surface area contributed by atoms with E-state index < -0.39 is 5.97 Å². The van der Waals surface area contributed by atoms with Crippen molar-refractivity contribution in [2.75, 3.05) is 11.1 Å². The number of fused-ring (bicyclic) bond motifs is 2. The molecule has 0 aliphatic rings. The maximum atomic E-state index is 13.4. The highest BCUT2D eigenvalue weighted by Gasteiger charge is 2.23. The Hall–Kier alpha value is -5.75. The van der Waals surface area contributed by atoms with Crippen molar-refractivity contribution < 1.29 is 19.5 Å².